The number of rotatable bonds is 4. The second-order valence-electron chi connectivity index (χ2n) is 3.45. The van der Waals surface area contributed by atoms with Crippen LogP contribution >= 0.6 is 0 Å². The summed E-state index contributed by atoms with van der Waals surface area (Å²) in [4.78, 5) is 11.6. The lowest BCUT2D eigenvalue weighted by molar-refractivity contribution is -0.128. The van der Waals surface area contributed by atoms with Crippen LogP contribution in [0, 0.1) is 5.92 Å². The van der Waals surface area contributed by atoms with E-state index in [-0.39, 0.29) is 17.7 Å². The summed E-state index contributed by atoms with van der Waals surface area (Å²) in [6, 6.07) is -0.385. The van der Waals surface area contributed by atoms with E-state index in [2.05, 4.69) is 6.58 Å². The van der Waals surface area contributed by atoms with E-state index < -0.39 is 0 Å². The summed E-state index contributed by atoms with van der Waals surface area (Å²) in [5.41, 5.74) is 5.68. The van der Waals surface area contributed by atoms with E-state index in [9.17, 15) is 4.79 Å². The third kappa shape index (κ3) is 2.94. The third-order valence-electron chi connectivity index (χ3n) is 2.35. The maximum absolute atomic E-state index is 11.6. The maximum atomic E-state index is 11.6. The van der Waals surface area contributed by atoms with Crippen LogP contribution in [0.5, 0.6) is 0 Å². The van der Waals surface area contributed by atoms with Gasteiger partial charge in [-0.2, -0.15) is 0 Å². The van der Waals surface area contributed by atoms with Crippen LogP contribution < -0.4 is 5.73 Å². The number of ketones is 1. The lowest BCUT2D eigenvalue weighted by atomic mass is 9.92. The number of carbonyl (C=O) groups is 1. The SMILES string of the molecule is C=CCC(N)C(=O)C1CCCOC1. The molecule has 1 saturated heterocycles. The van der Waals surface area contributed by atoms with Crippen molar-refractivity contribution in [2.75, 3.05) is 13.2 Å². The van der Waals surface area contributed by atoms with Gasteiger partial charge in [0, 0.05) is 12.5 Å². The van der Waals surface area contributed by atoms with Crippen LogP contribution in [0.4, 0.5) is 0 Å². The Morgan fingerprint density at radius 2 is 2.54 bits per heavy atom. The fraction of sp³-hybridized carbons (Fsp3) is 0.700. The highest BCUT2D eigenvalue weighted by Gasteiger charge is 2.25. The van der Waals surface area contributed by atoms with Crippen LogP contribution in [0.25, 0.3) is 0 Å². The average Bonchev–Trinajstić information content (AvgIpc) is 2.18. The van der Waals surface area contributed by atoms with Crippen molar-refractivity contribution in [3.63, 3.8) is 0 Å². The molecule has 2 N–H and O–H groups in total. The first kappa shape index (κ1) is 10.4. The summed E-state index contributed by atoms with van der Waals surface area (Å²) < 4.78 is 5.23. The maximum Gasteiger partial charge on any atom is 0.155 e. The Labute approximate surface area is 78.9 Å². The Bertz CT molecular complexity index is 185. The normalized spacial score (nSPS) is 25.2. The molecule has 0 radical (unpaired) electrons. The molecule has 0 spiro atoms. The van der Waals surface area contributed by atoms with Gasteiger partial charge in [-0.15, -0.1) is 6.58 Å². The fourth-order valence-electron chi connectivity index (χ4n) is 1.56. The van der Waals surface area contributed by atoms with Crippen molar-refractivity contribution in [3.8, 4) is 0 Å². The first-order chi connectivity index (χ1) is 6.25. The molecule has 0 aliphatic carbocycles. The number of hydrogen-bond acceptors (Lipinski definition) is 3. The minimum absolute atomic E-state index is 0.0173. The molecule has 2 unspecified atom stereocenters. The van der Waals surface area contributed by atoms with Crippen molar-refractivity contribution in [2.45, 2.75) is 25.3 Å². The van der Waals surface area contributed by atoms with Crippen LogP contribution in [0.2, 0.25) is 0 Å². The van der Waals surface area contributed by atoms with E-state index in [1.807, 2.05) is 0 Å². The molecule has 0 bridgehead atoms. The second kappa shape index (κ2) is 5.14. The number of hydrogen-bond donors (Lipinski definition) is 1. The molecule has 13 heavy (non-hydrogen) atoms. The Morgan fingerprint density at radius 1 is 1.77 bits per heavy atom. The molecule has 1 aliphatic heterocycles. The monoisotopic (exact) mass is 183 g/mol. The molecule has 1 aliphatic rings. The van der Waals surface area contributed by atoms with Crippen LogP contribution in [-0.2, 0) is 9.53 Å². The zero-order chi connectivity index (χ0) is 9.68. The van der Waals surface area contributed by atoms with E-state index in [1.165, 1.54) is 0 Å². The van der Waals surface area contributed by atoms with Gasteiger partial charge in [0.05, 0.1) is 12.6 Å². The standard InChI is InChI=1S/C10H17NO2/c1-2-4-9(11)10(12)8-5-3-6-13-7-8/h2,8-9H,1,3-7,11H2. The summed E-state index contributed by atoms with van der Waals surface area (Å²) in [5.74, 6) is 0.142. The topological polar surface area (TPSA) is 52.3 Å². The lowest BCUT2D eigenvalue weighted by Crippen LogP contribution is -2.38. The average molecular weight is 183 g/mol. The molecule has 2 atom stereocenters. The minimum atomic E-state index is -0.385. The van der Waals surface area contributed by atoms with Gasteiger partial charge in [0.1, 0.15) is 0 Å². The van der Waals surface area contributed by atoms with Gasteiger partial charge >= 0.3 is 0 Å². The van der Waals surface area contributed by atoms with Gasteiger partial charge in [-0.1, -0.05) is 6.08 Å². The summed E-state index contributed by atoms with van der Waals surface area (Å²) in [5, 5.41) is 0. The lowest BCUT2D eigenvalue weighted by Gasteiger charge is -2.23. The molecular weight excluding hydrogens is 166 g/mol. The predicted octanol–water partition coefficient (Wildman–Crippen LogP) is 0.886. The van der Waals surface area contributed by atoms with Crippen LogP contribution in [-0.4, -0.2) is 25.0 Å². The number of ether oxygens (including phenoxy) is 1. The Hall–Kier alpha value is -0.670. The van der Waals surface area contributed by atoms with Gasteiger partial charge in [-0.3, -0.25) is 4.79 Å². The van der Waals surface area contributed by atoms with E-state index in [0.717, 1.165) is 19.4 Å². The van der Waals surface area contributed by atoms with Gasteiger partial charge in [0.25, 0.3) is 0 Å². The zero-order valence-corrected chi connectivity index (χ0v) is 7.87. The molecule has 3 nitrogen and oxygen atoms in total. The van der Waals surface area contributed by atoms with Crippen molar-refractivity contribution in [2.24, 2.45) is 11.7 Å². The second-order valence-corrected chi connectivity index (χ2v) is 3.45. The highest BCUT2D eigenvalue weighted by Crippen LogP contribution is 2.16. The third-order valence-corrected chi connectivity index (χ3v) is 2.35. The van der Waals surface area contributed by atoms with E-state index >= 15 is 0 Å². The summed E-state index contributed by atoms with van der Waals surface area (Å²) in [6.45, 7) is 4.89. The van der Waals surface area contributed by atoms with Gasteiger partial charge in [-0.25, -0.2) is 0 Å². The van der Waals surface area contributed by atoms with Crippen molar-refractivity contribution in [3.05, 3.63) is 12.7 Å². The van der Waals surface area contributed by atoms with Crippen molar-refractivity contribution in [1.29, 1.82) is 0 Å². The highest BCUT2D eigenvalue weighted by molar-refractivity contribution is 5.86. The quantitative estimate of drug-likeness (QED) is 0.658. The smallest absolute Gasteiger partial charge is 0.155 e. The zero-order valence-electron chi connectivity index (χ0n) is 7.87. The molecule has 3 heteroatoms. The van der Waals surface area contributed by atoms with Crippen molar-refractivity contribution >= 4 is 5.78 Å². The molecule has 74 valence electrons. The molecular formula is C10H17NO2. The molecule has 1 fully saturated rings. The van der Waals surface area contributed by atoms with Gasteiger partial charge in [0.2, 0.25) is 0 Å². The number of carbonyl (C=O) groups excluding carboxylic acids is 1. The van der Waals surface area contributed by atoms with Gasteiger partial charge in [-0.05, 0) is 19.3 Å². The Kier molecular flexibility index (Phi) is 4.12. The minimum Gasteiger partial charge on any atom is -0.381 e. The van der Waals surface area contributed by atoms with Crippen molar-refractivity contribution < 1.29 is 9.53 Å². The molecule has 1 heterocycles. The summed E-state index contributed by atoms with van der Waals surface area (Å²) >= 11 is 0. The van der Waals surface area contributed by atoms with Crippen LogP contribution in [0.15, 0.2) is 12.7 Å². The summed E-state index contributed by atoms with van der Waals surface area (Å²) in [6.07, 6.45) is 4.14. The first-order valence-electron chi connectivity index (χ1n) is 4.73. The van der Waals surface area contributed by atoms with E-state index in [4.69, 9.17) is 10.5 Å². The number of Topliss-reactive ketones (excluding diaryl/α,β-unsaturated/α-hetero) is 1. The molecule has 0 aromatic rings. The fourth-order valence-corrected chi connectivity index (χ4v) is 1.56. The summed E-state index contributed by atoms with van der Waals surface area (Å²) in [7, 11) is 0. The molecule has 1 rings (SSSR count). The molecule has 0 amide bonds. The van der Waals surface area contributed by atoms with Crippen LogP contribution in [0.3, 0.4) is 0 Å². The van der Waals surface area contributed by atoms with Gasteiger partial charge in [0.15, 0.2) is 5.78 Å². The Balaban J connectivity index is 2.40. The van der Waals surface area contributed by atoms with E-state index in [0.29, 0.717) is 13.0 Å². The predicted molar refractivity (Wildman–Crippen MR) is 51.3 cm³/mol. The largest absolute Gasteiger partial charge is 0.381 e. The Morgan fingerprint density at radius 3 is 3.08 bits per heavy atom. The van der Waals surface area contributed by atoms with Crippen molar-refractivity contribution in [1.82, 2.24) is 0 Å². The van der Waals surface area contributed by atoms with Gasteiger partial charge < -0.3 is 10.5 Å². The molecule has 0 aromatic carbocycles. The number of nitrogens with two attached hydrogens (primary N) is 1. The van der Waals surface area contributed by atoms with E-state index in [1.54, 1.807) is 6.08 Å². The molecule has 0 saturated carbocycles. The van der Waals surface area contributed by atoms with Crippen LogP contribution in [0.1, 0.15) is 19.3 Å². The highest BCUT2D eigenvalue weighted by atomic mass is 16.5. The first-order valence-corrected chi connectivity index (χ1v) is 4.73. The molecule has 0 aromatic heterocycles.